The van der Waals surface area contributed by atoms with E-state index in [0.29, 0.717) is 3.92 Å². The van der Waals surface area contributed by atoms with Crippen LogP contribution in [0.5, 0.6) is 0 Å². The van der Waals surface area contributed by atoms with Crippen molar-refractivity contribution in [1.82, 2.24) is 0 Å². The zero-order chi connectivity index (χ0) is 9.07. The van der Waals surface area contributed by atoms with Crippen LogP contribution in [0.15, 0.2) is 0 Å². The average Bonchev–Trinajstić information content (AvgIpc) is 1.80. The van der Waals surface area contributed by atoms with Crippen LogP contribution >= 0.6 is 22.6 Å². The molecule has 1 radical (unpaired) electrons. The van der Waals surface area contributed by atoms with Gasteiger partial charge in [0.05, 0.1) is 6.10 Å². The van der Waals surface area contributed by atoms with Gasteiger partial charge in [-0.3, -0.25) is 0 Å². The summed E-state index contributed by atoms with van der Waals surface area (Å²) < 4.78 is 0.631. The van der Waals surface area contributed by atoms with Gasteiger partial charge in [-0.2, -0.15) is 0 Å². The van der Waals surface area contributed by atoms with E-state index < -0.39 is 6.10 Å². The lowest BCUT2D eigenvalue weighted by Gasteiger charge is -2.23. The first-order valence-corrected chi connectivity index (χ1v) is 5.38. The summed E-state index contributed by atoms with van der Waals surface area (Å²) in [6, 6.07) is 0. The van der Waals surface area contributed by atoms with E-state index in [2.05, 4.69) is 29.5 Å². The summed E-state index contributed by atoms with van der Waals surface area (Å²) in [5.41, 5.74) is -0.0640. The van der Waals surface area contributed by atoms with Gasteiger partial charge in [0, 0.05) is 3.92 Å². The molecule has 0 heterocycles. The van der Waals surface area contributed by atoms with Crippen LogP contribution < -0.4 is 0 Å². The second-order valence-electron chi connectivity index (χ2n) is 4.21. The summed E-state index contributed by atoms with van der Waals surface area (Å²) >= 11 is 2.37. The van der Waals surface area contributed by atoms with Gasteiger partial charge in [-0.05, 0) is 18.3 Å². The summed E-state index contributed by atoms with van der Waals surface area (Å²) in [6.45, 7) is 8.20. The maximum atomic E-state index is 11.4. The van der Waals surface area contributed by atoms with E-state index in [1.807, 2.05) is 20.8 Å². The highest BCUT2D eigenvalue weighted by molar-refractivity contribution is 14.1. The van der Waals surface area contributed by atoms with Crippen molar-refractivity contribution in [2.75, 3.05) is 0 Å². The highest BCUT2D eigenvalue weighted by Gasteiger charge is 2.23. The van der Waals surface area contributed by atoms with Crippen molar-refractivity contribution < 1.29 is 5.11 Å². The van der Waals surface area contributed by atoms with Crippen LogP contribution in [0.25, 0.3) is 0 Å². The van der Waals surface area contributed by atoms with Gasteiger partial charge in [-0.25, -0.2) is 5.11 Å². The number of halogens is 1. The van der Waals surface area contributed by atoms with Crippen LogP contribution in [-0.4, -0.2) is 10.0 Å². The lowest BCUT2D eigenvalue weighted by molar-refractivity contribution is -0.00640. The second-order valence-corrected chi connectivity index (χ2v) is 6.34. The summed E-state index contributed by atoms with van der Waals surface area (Å²) in [5, 5.41) is 11.4. The molecule has 0 saturated carbocycles. The van der Waals surface area contributed by atoms with Crippen LogP contribution in [0.3, 0.4) is 0 Å². The smallest absolute Gasteiger partial charge is 0.0978 e. The molecule has 0 aromatic carbocycles. The zero-order valence-electron chi connectivity index (χ0n) is 7.86. The van der Waals surface area contributed by atoms with Crippen LogP contribution in [0.2, 0.25) is 0 Å². The molecule has 0 aliphatic carbocycles. The Morgan fingerprint density at radius 1 is 1.27 bits per heavy atom. The van der Waals surface area contributed by atoms with Gasteiger partial charge in [0.2, 0.25) is 0 Å². The van der Waals surface area contributed by atoms with Gasteiger partial charge in [0.1, 0.15) is 0 Å². The third-order valence-corrected chi connectivity index (χ3v) is 2.42. The highest BCUT2D eigenvalue weighted by atomic mass is 127. The van der Waals surface area contributed by atoms with E-state index in [4.69, 9.17) is 0 Å². The number of alkyl halides is 1. The summed E-state index contributed by atoms with van der Waals surface area (Å²) in [5.74, 6) is 0. The minimum Gasteiger partial charge on any atom is -0.233 e. The van der Waals surface area contributed by atoms with Gasteiger partial charge in [-0.1, -0.05) is 50.3 Å². The quantitative estimate of drug-likeness (QED) is 0.552. The SMILES string of the molecule is CC(I)CCC([O])C(C)(C)C. The summed E-state index contributed by atoms with van der Waals surface area (Å²) in [6.07, 6.45) is 1.46. The molecule has 0 fully saturated rings. The van der Waals surface area contributed by atoms with Crippen molar-refractivity contribution in [3.05, 3.63) is 0 Å². The van der Waals surface area contributed by atoms with E-state index in [1.165, 1.54) is 0 Å². The Bertz CT molecular complexity index is 105. The average molecular weight is 269 g/mol. The maximum Gasteiger partial charge on any atom is 0.0978 e. The molecule has 1 nitrogen and oxygen atoms in total. The summed E-state index contributed by atoms with van der Waals surface area (Å²) in [4.78, 5) is 0. The first kappa shape index (κ1) is 11.7. The Hall–Kier alpha value is 0.690. The first-order valence-electron chi connectivity index (χ1n) is 4.14. The fourth-order valence-electron chi connectivity index (χ4n) is 0.814. The predicted octanol–water partition coefficient (Wildman–Crippen LogP) is 3.44. The molecule has 0 aliphatic heterocycles. The lowest BCUT2D eigenvalue weighted by atomic mass is 9.86. The fourth-order valence-corrected chi connectivity index (χ4v) is 1.17. The van der Waals surface area contributed by atoms with Crippen molar-refractivity contribution in [3.63, 3.8) is 0 Å². The van der Waals surface area contributed by atoms with E-state index in [9.17, 15) is 5.11 Å². The largest absolute Gasteiger partial charge is 0.233 e. The monoisotopic (exact) mass is 269 g/mol. The van der Waals surface area contributed by atoms with Crippen molar-refractivity contribution in [2.45, 2.75) is 50.6 Å². The fraction of sp³-hybridized carbons (Fsp3) is 1.00. The third kappa shape index (κ3) is 5.91. The van der Waals surface area contributed by atoms with E-state index in [0.717, 1.165) is 12.8 Å². The standard InChI is InChI=1S/C9H18IO/c1-7(10)5-6-8(11)9(2,3)4/h7-8H,5-6H2,1-4H3. The van der Waals surface area contributed by atoms with Crippen molar-refractivity contribution in [3.8, 4) is 0 Å². The molecule has 0 aromatic rings. The zero-order valence-corrected chi connectivity index (χ0v) is 10.0. The molecule has 0 amide bonds. The molecule has 0 N–H and O–H groups in total. The molecule has 0 spiro atoms. The van der Waals surface area contributed by atoms with E-state index in [-0.39, 0.29) is 5.41 Å². The highest BCUT2D eigenvalue weighted by Crippen LogP contribution is 2.24. The van der Waals surface area contributed by atoms with E-state index in [1.54, 1.807) is 0 Å². The van der Waals surface area contributed by atoms with Gasteiger partial charge in [0.25, 0.3) is 0 Å². The molecule has 0 bridgehead atoms. The van der Waals surface area contributed by atoms with Crippen LogP contribution in [0.4, 0.5) is 0 Å². The molecular formula is C9H18IO. The number of hydrogen-bond acceptors (Lipinski definition) is 0. The number of hydrogen-bond donors (Lipinski definition) is 0. The first-order chi connectivity index (χ1) is 4.84. The Balaban J connectivity index is 3.61. The molecule has 0 aromatic heterocycles. The van der Waals surface area contributed by atoms with Gasteiger partial charge < -0.3 is 0 Å². The third-order valence-electron chi connectivity index (χ3n) is 1.79. The number of rotatable bonds is 3. The van der Waals surface area contributed by atoms with Crippen molar-refractivity contribution >= 4 is 22.6 Å². The lowest BCUT2D eigenvalue weighted by Crippen LogP contribution is -2.25. The van der Waals surface area contributed by atoms with E-state index >= 15 is 0 Å². The van der Waals surface area contributed by atoms with Gasteiger partial charge in [0.15, 0.2) is 0 Å². The molecule has 0 aliphatic rings. The summed E-state index contributed by atoms with van der Waals surface area (Å²) in [7, 11) is 0. The van der Waals surface area contributed by atoms with Crippen LogP contribution in [0.1, 0.15) is 40.5 Å². The molecular weight excluding hydrogens is 251 g/mol. The molecule has 0 saturated heterocycles. The molecule has 0 rings (SSSR count). The molecule has 2 atom stereocenters. The minimum absolute atomic E-state index is 0.0640. The molecule has 11 heavy (non-hydrogen) atoms. The predicted molar refractivity (Wildman–Crippen MR) is 56.6 cm³/mol. The van der Waals surface area contributed by atoms with Crippen LogP contribution in [0, 0.1) is 5.41 Å². The Morgan fingerprint density at radius 2 is 1.73 bits per heavy atom. The normalized spacial score (nSPS) is 18.0. The second kappa shape index (κ2) is 4.65. The Kier molecular flexibility index (Phi) is 4.94. The Labute approximate surface area is 83.7 Å². The minimum atomic E-state index is -0.403. The molecule has 2 heteroatoms. The molecule has 67 valence electrons. The molecule has 2 unspecified atom stereocenters. The van der Waals surface area contributed by atoms with Gasteiger partial charge in [-0.15, -0.1) is 0 Å². The Morgan fingerprint density at radius 3 is 2.00 bits per heavy atom. The van der Waals surface area contributed by atoms with Crippen molar-refractivity contribution in [2.24, 2.45) is 5.41 Å². The van der Waals surface area contributed by atoms with Crippen molar-refractivity contribution in [1.29, 1.82) is 0 Å². The maximum absolute atomic E-state index is 11.4. The van der Waals surface area contributed by atoms with Gasteiger partial charge >= 0.3 is 0 Å². The topological polar surface area (TPSA) is 19.9 Å². The van der Waals surface area contributed by atoms with Crippen LogP contribution in [-0.2, 0) is 5.11 Å².